The van der Waals surface area contributed by atoms with Gasteiger partial charge in [0.25, 0.3) is 0 Å². The molecular weight excluding hydrogens is 474 g/mol. The highest BCUT2D eigenvalue weighted by atomic mass is 19.1. The van der Waals surface area contributed by atoms with Crippen molar-refractivity contribution < 1.29 is 33.1 Å². The molecule has 2 aromatic carbocycles. The lowest BCUT2D eigenvalue weighted by Crippen LogP contribution is -2.44. The zero-order valence-electron chi connectivity index (χ0n) is 19.1. The van der Waals surface area contributed by atoms with Crippen LogP contribution in [0.4, 0.5) is 14.5 Å². The number of benzene rings is 2. The van der Waals surface area contributed by atoms with E-state index in [1.54, 1.807) is 24.3 Å². The van der Waals surface area contributed by atoms with E-state index in [-0.39, 0.29) is 42.2 Å². The number of aromatic nitrogens is 2. The van der Waals surface area contributed by atoms with E-state index < -0.39 is 35.8 Å². The number of aliphatic carboxylic acids is 1. The van der Waals surface area contributed by atoms with Gasteiger partial charge in [-0.05, 0) is 18.2 Å². The predicted molar refractivity (Wildman–Crippen MR) is 126 cm³/mol. The minimum Gasteiger partial charge on any atom is -0.478 e. The molecular formula is C25H22F2N4O5. The molecule has 2 atom stereocenters. The molecule has 2 heterocycles. The van der Waals surface area contributed by atoms with Crippen LogP contribution in [0.25, 0.3) is 17.0 Å². The Hall–Kier alpha value is -4.41. The summed E-state index contributed by atoms with van der Waals surface area (Å²) in [5.41, 5.74) is 0.447. The highest BCUT2D eigenvalue weighted by Crippen LogP contribution is 2.26. The van der Waals surface area contributed by atoms with Crippen molar-refractivity contribution in [2.24, 2.45) is 0 Å². The number of hydrogen-bond acceptors (Lipinski definition) is 5. The number of hydrogen-bond donors (Lipinski definition) is 2. The molecule has 2 amide bonds. The lowest BCUT2D eigenvalue weighted by atomic mass is 10.1. The van der Waals surface area contributed by atoms with Crippen molar-refractivity contribution in [3.8, 4) is 0 Å². The molecule has 0 radical (unpaired) electrons. The third-order valence-corrected chi connectivity index (χ3v) is 5.84. The van der Waals surface area contributed by atoms with E-state index >= 15 is 0 Å². The fourth-order valence-corrected chi connectivity index (χ4v) is 4.19. The Morgan fingerprint density at radius 1 is 1.17 bits per heavy atom. The van der Waals surface area contributed by atoms with Gasteiger partial charge >= 0.3 is 5.97 Å². The van der Waals surface area contributed by atoms with E-state index in [0.29, 0.717) is 10.9 Å². The third kappa shape index (κ3) is 4.99. The van der Waals surface area contributed by atoms with Crippen molar-refractivity contribution in [2.75, 3.05) is 11.9 Å². The lowest BCUT2D eigenvalue weighted by Gasteiger charge is -2.24. The maximum Gasteiger partial charge on any atom is 0.328 e. The minimum atomic E-state index is -1.46. The fourth-order valence-electron chi connectivity index (χ4n) is 4.19. The molecule has 1 fully saturated rings. The Balaban J connectivity index is 1.54. The molecule has 2 N–H and O–H groups in total. The van der Waals surface area contributed by atoms with Crippen LogP contribution in [0.2, 0.25) is 0 Å². The SMILES string of the molecule is CC(=O)c1nn(CC(=O)N2C[C@H](F)C[C@H]2C(=O)Nc2cccc(/C=C/C(=O)O)c2F)c2ccccc12. The topological polar surface area (TPSA) is 122 Å². The van der Waals surface area contributed by atoms with Crippen LogP contribution in [0.15, 0.2) is 48.5 Å². The van der Waals surface area contributed by atoms with Crippen LogP contribution in [-0.4, -0.2) is 62.1 Å². The summed E-state index contributed by atoms with van der Waals surface area (Å²) in [6.45, 7) is 0.717. The van der Waals surface area contributed by atoms with Crippen LogP contribution >= 0.6 is 0 Å². The van der Waals surface area contributed by atoms with Crippen molar-refractivity contribution >= 4 is 46.2 Å². The molecule has 3 aromatic rings. The van der Waals surface area contributed by atoms with Crippen molar-refractivity contribution in [3.05, 3.63) is 65.6 Å². The molecule has 186 valence electrons. The van der Waals surface area contributed by atoms with E-state index in [1.807, 2.05) is 0 Å². The summed E-state index contributed by atoms with van der Waals surface area (Å²) in [7, 11) is 0. The molecule has 0 unspecified atom stereocenters. The molecule has 11 heteroatoms. The summed E-state index contributed by atoms with van der Waals surface area (Å²) >= 11 is 0. The number of nitrogens with zero attached hydrogens (tertiary/aromatic N) is 3. The van der Waals surface area contributed by atoms with E-state index in [4.69, 9.17) is 5.11 Å². The predicted octanol–water partition coefficient (Wildman–Crippen LogP) is 3.05. The highest BCUT2D eigenvalue weighted by molar-refractivity contribution is 6.05. The first-order chi connectivity index (χ1) is 17.2. The van der Waals surface area contributed by atoms with Crippen LogP contribution in [-0.2, 0) is 20.9 Å². The number of carboxylic acid groups (broad SMARTS) is 1. The number of para-hydroxylation sites is 1. The fraction of sp³-hybridized carbons (Fsp3) is 0.240. The van der Waals surface area contributed by atoms with Crippen molar-refractivity contribution in [2.45, 2.75) is 32.1 Å². The molecule has 0 bridgehead atoms. The van der Waals surface area contributed by atoms with Gasteiger partial charge in [0.2, 0.25) is 11.8 Å². The molecule has 1 saturated heterocycles. The normalized spacial score (nSPS) is 17.6. The Bertz CT molecular complexity index is 1400. The van der Waals surface area contributed by atoms with Crippen LogP contribution in [0, 0.1) is 5.82 Å². The summed E-state index contributed by atoms with van der Waals surface area (Å²) in [4.78, 5) is 49.8. The zero-order valence-corrected chi connectivity index (χ0v) is 19.1. The second kappa shape index (κ2) is 10.1. The molecule has 1 aliphatic rings. The van der Waals surface area contributed by atoms with Crippen molar-refractivity contribution in [3.63, 3.8) is 0 Å². The zero-order chi connectivity index (χ0) is 26.0. The van der Waals surface area contributed by atoms with Gasteiger partial charge in [0, 0.05) is 30.4 Å². The largest absolute Gasteiger partial charge is 0.478 e. The van der Waals surface area contributed by atoms with Crippen molar-refractivity contribution in [1.29, 1.82) is 0 Å². The number of ketones is 1. The molecule has 0 saturated carbocycles. The average Bonchev–Trinajstić information content (AvgIpc) is 3.40. The summed E-state index contributed by atoms with van der Waals surface area (Å²) in [5, 5.41) is 15.9. The lowest BCUT2D eigenvalue weighted by molar-refractivity contribution is -0.137. The molecule has 0 spiro atoms. The quantitative estimate of drug-likeness (QED) is 0.383. The van der Waals surface area contributed by atoms with Crippen LogP contribution in [0.5, 0.6) is 0 Å². The number of rotatable bonds is 7. The number of halogens is 2. The number of fused-ring (bicyclic) bond motifs is 1. The second-order valence-electron chi connectivity index (χ2n) is 8.34. The Morgan fingerprint density at radius 3 is 2.64 bits per heavy atom. The summed E-state index contributed by atoms with van der Waals surface area (Å²) in [5.74, 6) is -3.77. The number of carbonyl (C=O) groups excluding carboxylic acids is 3. The number of likely N-dealkylation sites (tertiary alicyclic amines) is 1. The number of carbonyl (C=O) groups is 4. The number of anilines is 1. The van der Waals surface area contributed by atoms with Crippen LogP contribution in [0.3, 0.4) is 0 Å². The standard InChI is InChI=1S/C25H22F2N4O5/c1-14(32)24-17-6-2-3-8-19(17)31(29-24)13-21(33)30-12-16(26)11-20(30)25(36)28-18-7-4-5-15(23(18)27)9-10-22(34)35/h2-10,16,20H,11-13H2,1H3,(H,28,36)(H,34,35)/b10-9+/t16-,20+/m1/s1. The van der Waals surface area contributed by atoms with Gasteiger partial charge in [-0.25, -0.2) is 13.6 Å². The first-order valence-corrected chi connectivity index (χ1v) is 11.1. The first-order valence-electron chi connectivity index (χ1n) is 11.1. The van der Waals surface area contributed by atoms with Gasteiger partial charge < -0.3 is 15.3 Å². The number of Topliss-reactive ketones (excluding diaryl/α,β-unsaturated/α-hetero) is 1. The molecule has 1 aliphatic heterocycles. The van der Waals surface area contributed by atoms with Gasteiger partial charge in [0.15, 0.2) is 11.6 Å². The molecule has 1 aromatic heterocycles. The molecule has 36 heavy (non-hydrogen) atoms. The Kier molecular flexibility index (Phi) is 6.91. The third-order valence-electron chi connectivity index (χ3n) is 5.84. The number of nitrogens with one attached hydrogen (secondary N) is 1. The van der Waals surface area contributed by atoms with Gasteiger partial charge in [-0.2, -0.15) is 5.10 Å². The average molecular weight is 496 g/mol. The van der Waals surface area contributed by atoms with Crippen LogP contribution in [0.1, 0.15) is 29.4 Å². The monoisotopic (exact) mass is 496 g/mol. The van der Waals surface area contributed by atoms with Gasteiger partial charge in [-0.15, -0.1) is 0 Å². The molecule has 0 aliphatic carbocycles. The molecule has 9 nitrogen and oxygen atoms in total. The maximum atomic E-state index is 14.8. The molecule has 4 rings (SSSR count). The summed E-state index contributed by atoms with van der Waals surface area (Å²) in [6, 6.07) is 9.70. The Labute approximate surface area is 204 Å². The van der Waals surface area contributed by atoms with Gasteiger partial charge in [-0.3, -0.25) is 19.1 Å². The van der Waals surface area contributed by atoms with Gasteiger partial charge in [0.1, 0.15) is 24.5 Å². The van der Waals surface area contributed by atoms with Gasteiger partial charge in [-0.1, -0.05) is 30.3 Å². The number of alkyl halides is 1. The van der Waals surface area contributed by atoms with E-state index in [9.17, 15) is 28.0 Å². The summed E-state index contributed by atoms with van der Waals surface area (Å²) < 4.78 is 30.4. The first kappa shape index (κ1) is 24.7. The van der Waals surface area contributed by atoms with Crippen molar-refractivity contribution in [1.82, 2.24) is 14.7 Å². The number of carboxylic acids is 1. The Morgan fingerprint density at radius 2 is 1.92 bits per heavy atom. The van der Waals surface area contributed by atoms with E-state index in [1.165, 1.54) is 29.8 Å². The van der Waals surface area contributed by atoms with Crippen LogP contribution < -0.4 is 5.32 Å². The highest BCUT2D eigenvalue weighted by Gasteiger charge is 2.40. The summed E-state index contributed by atoms with van der Waals surface area (Å²) in [6.07, 6.45) is 0.0728. The maximum absolute atomic E-state index is 14.8. The second-order valence-corrected chi connectivity index (χ2v) is 8.34. The number of amides is 2. The van der Waals surface area contributed by atoms with E-state index in [2.05, 4.69) is 10.4 Å². The smallest absolute Gasteiger partial charge is 0.328 e. The van der Waals surface area contributed by atoms with E-state index in [0.717, 1.165) is 17.1 Å². The minimum absolute atomic E-state index is 0.0650. The van der Waals surface area contributed by atoms with Gasteiger partial charge in [0.05, 0.1) is 17.7 Å².